The molecule has 0 radical (unpaired) electrons. The molecule has 0 saturated heterocycles. The number of carboxylic acid groups (broad SMARTS) is 1. The van der Waals surface area contributed by atoms with Crippen molar-refractivity contribution in [2.45, 2.75) is 32.5 Å². The number of rotatable bonds is 8. The molecule has 0 unspecified atom stereocenters. The number of tetrazole rings is 1. The molecule has 0 amide bonds. The van der Waals surface area contributed by atoms with Crippen LogP contribution in [0.5, 0.6) is 0 Å². The molecule has 7 nitrogen and oxygen atoms in total. The van der Waals surface area contributed by atoms with Gasteiger partial charge in [0, 0.05) is 12.3 Å². The Morgan fingerprint density at radius 3 is 2.89 bits per heavy atom. The first-order chi connectivity index (χ1) is 8.47. The Morgan fingerprint density at radius 1 is 1.56 bits per heavy atom. The fourth-order valence-electron chi connectivity index (χ4n) is 1.11. The summed E-state index contributed by atoms with van der Waals surface area (Å²) >= 11 is 1.37. The molecular formula is C10H19N5O2S. The zero-order chi connectivity index (χ0) is 13.6. The van der Waals surface area contributed by atoms with Gasteiger partial charge in [0.25, 0.3) is 0 Å². The number of aliphatic carboxylic acids is 1. The molecule has 1 heterocycles. The molecule has 0 atom stereocenters. The van der Waals surface area contributed by atoms with Crippen molar-refractivity contribution >= 4 is 17.7 Å². The van der Waals surface area contributed by atoms with E-state index in [-0.39, 0.29) is 0 Å². The van der Waals surface area contributed by atoms with Gasteiger partial charge in [-0.2, -0.15) is 0 Å². The Balaban J connectivity index is 2.52. The molecule has 0 fully saturated rings. The average molecular weight is 273 g/mol. The third-order valence-electron chi connectivity index (χ3n) is 2.39. The number of hydrogen-bond acceptors (Lipinski definition) is 6. The Morgan fingerprint density at radius 2 is 2.28 bits per heavy atom. The Labute approximate surface area is 110 Å². The molecule has 18 heavy (non-hydrogen) atoms. The van der Waals surface area contributed by atoms with Gasteiger partial charge in [0.05, 0.1) is 12.0 Å². The van der Waals surface area contributed by atoms with Crippen LogP contribution in [0.4, 0.5) is 0 Å². The maximum Gasteiger partial charge on any atom is 0.309 e. The second-order valence-corrected chi connectivity index (χ2v) is 5.46. The second-order valence-electron chi connectivity index (χ2n) is 4.52. The number of hydrogen-bond donors (Lipinski definition) is 2. The summed E-state index contributed by atoms with van der Waals surface area (Å²) in [4.78, 5) is 11.0. The van der Waals surface area contributed by atoms with Gasteiger partial charge in [-0.1, -0.05) is 18.7 Å². The van der Waals surface area contributed by atoms with Crippen LogP contribution in [0.15, 0.2) is 5.16 Å². The lowest BCUT2D eigenvalue weighted by molar-refractivity contribution is -0.145. The van der Waals surface area contributed by atoms with Crippen LogP contribution < -0.4 is 5.32 Å². The summed E-state index contributed by atoms with van der Waals surface area (Å²) in [5.41, 5.74) is -0.789. The Kier molecular flexibility index (Phi) is 5.54. The molecule has 1 rings (SSSR count). The fraction of sp³-hybridized carbons (Fsp3) is 0.800. The molecule has 102 valence electrons. The van der Waals surface area contributed by atoms with Crippen LogP contribution >= 0.6 is 11.8 Å². The van der Waals surface area contributed by atoms with Gasteiger partial charge in [0.1, 0.15) is 0 Å². The third-order valence-corrected chi connectivity index (χ3v) is 3.81. The lowest BCUT2D eigenvalue weighted by Gasteiger charge is -2.17. The average Bonchev–Trinajstić information content (AvgIpc) is 2.74. The van der Waals surface area contributed by atoms with Crippen molar-refractivity contribution in [2.75, 3.05) is 18.8 Å². The SMILES string of the molecule is CCNCCn1nnnc1SCC(C)(C)C(=O)O. The number of thioether (sulfide) groups is 1. The number of carboxylic acids is 1. The van der Waals surface area contributed by atoms with E-state index >= 15 is 0 Å². The van der Waals surface area contributed by atoms with Crippen molar-refractivity contribution in [3.05, 3.63) is 0 Å². The summed E-state index contributed by atoms with van der Waals surface area (Å²) < 4.78 is 1.69. The molecule has 2 N–H and O–H groups in total. The van der Waals surface area contributed by atoms with Gasteiger partial charge in [0.15, 0.2) is 0 Å². The summed E-state index contributed by atoms with van der Waals surface area (Å²) in [6.45, 7) is 7.78. The molecular weight excluding hydrogens is 254 g/mol. The van der Waals surface area contributed by atoms with E-state index < -0.39 is 11.4 Å². The second kappa shape index (κ2) is 6.69. The van der Waals surface area contributed by atoms with Crippen LogP contribution in [0.25, 0.3) is 0 Å². The van der Waals surface area contributed by atoms with E-state index in [1.165, 1.54) is 11.8 Å². The zero-order valence-electron chi connectivity index (χ0n) is 10.9. The van der Waals surface area contributed by atoms with E-state index in [4.69, 9.17) is 5.11 Å². The zero-order valence-corrected chi connectivity index (χ0v) is 11.7. The first kappa shape index (κ1) is 14.9. The summed E-state index contributed by atoms with van der Waals surface area (Å²) in [6, 6.07) is 0. The van der Waals surface area contributed by atoms with E-state index in [9.17, 15) is 4.79 Å². The van der Waals surface area contributed by atoms with Crippen LogP contribution in [-0.4, -0.2) is 50.1 Å². The number of carbonyl (C=O) groups is 1. The van der Waals surface area contributed by atoms with Crippen LogP contribution in [0.2, 0.25) is 0 Å². The number of likely N-dealkylation sites (N-methyl/N-ethyl adjacent to an activating group) is 1. The van der Waals surface area contributed by atoms with Crippen molar-refractivity contribution in [3.63, 3.8) is 0 Å². The lowest BCUT2D eigenvalue weighted by Crippen LogP contribution is -2.26. The third kappa shape index (κ3) is 4.26. The first-order valence-corrected chi connectivity index (χ1v) is 6.79. The summed E-state index contributed by atoms with van der Waals surface area (Å²) in [6.07, 6.45) is 0. The number of aromatic nitrogens is 4. The Bertz CT molecular complexity index is 393. The molecule has 0 aromatic carbocycles. The van der Waals surface area contributed by atoms with Crippen molar-refractivity contribution in [2.24, 2.45) is 5.41 Å². The van der Waals surface area contributed by atoms with Gasteiger partial charge >= 0.3 is 5.97 Å². The minimum absolute atomic E-state index is 0.434. The van der Waals surface area contributed by atoms with E-state index in [2.05, 4.69) is 20.8 Å². The highest BCUT2D eigenvalue weighted by Crippen LogP contribution is 2.26. The van der Waals surface area contributed by atoms with Crippen molar-refractivity contribution < 1.29 is 9.90 Å². The highest BCUT2D eigenvalue weighted by molar-refractivity contribution is 7.99. The van der Waals surface area contributed by atoms with Gasteiger partial charge in [-0.05, 0) is 30.8 Å². The molecule has 8 heteroatoms. The van der Waals surface area contributed by atoms with E-state index in [0.29, 0.717) is 17.5 Å². The van der Waals surface area contributed by atoms with Crippen molar-refractivity contribution in [1.29, 1.82) is 0 Å². The maximum atomic E-state index is 11.0. The summed E-state index contributed by atoms with van der Waals surface area (Å²) in [5, 5.41) is 24.3. The molecule has 0 aliphatic carbocycles. The highest BCUT2D eigenvalue weighted by Gasteiger charge is 2.28. The molecule has 0 spiro atoms. The van der Waals surface area contributed by atoms with Crippen LogP contribution in [0.3, 0.4) is 0 Å². The molecule has 1 aromatic rings. The van der Waals surface area contributed by atoms with Gasteiger partial charge in [-0.15, -0.1) is 5.10 Å². The number of nitrogens with one attached hydrogen (secondary N) is 1. The van der Waals surface area contributed by atoms with Crippen molar-refractivity contribution in [3.8, 4) is 0 Å². The highest BCUT2D eigenvalue weighted by atomic mass is 32.2. The van der Waals surface area contributed by atoms with Crippen LogP contribution in [-0.2, 0) is 11.3 Å². The quantitative estimate of drug-likeness (QED) is 0.526. The lowest BCUT2D eigenvalue weighted by atomic mass is 9.97. The summed E-state index contributed by atoms with van der Waals surface area (Å²) in [7, 11) is 0. The molecule has 0 aliphatic heterocycles. The van der Waals surface area contributed by atoms with Gasteiger partial charge in [-0.25, -0.2) is 4.68 Å². The minimum Gasteiger partial charge on any atom is -0.481 e. The predicted octanol–water partition coefficient (Wildman–Crippen LogP) is 0.485. The van der Waals surface area contributed by atoms with Crippen LogP contribution in [0.1, 0.15) is 20.8 Å². The summed E-state index contributed by atoms with van der Waals surface area (Å²) in [5.74, 6) is -0.383. The molecule has 0 aliphatic rings. The first-order valence-electron chi connectivity index (χ1n) is 5.80. The van der Waals surface area contributed by atoms with Gasteiger partial charge in [-0.3, -0.25) is 4.79 Å². The number of nitrogens with zero attached hydrogens (tertiary/aromatic N) is 4. The minimum atomic E-state index is -0.818. The fourth-order valence-corrected chi connectivity index (χ4v) is 2.09. The van der Waals surface area contributed by atoms with Crippen molar-refractivity contribution in [1.82, 2.24) is 25.5 Å². The molecule has 0 saturated carbocycles. The van der Waals surface area contributed by atoms with E-state index in [1.54, 1.807) is 18.5 Å². The topological polar surface area (TPSA) is 92.9 Å². The van der Waals surface area contributed by atoms with E-state index in [0.717, 1.165) is 13.1 Å². The van der Waals surface area contributed by atoms with Gasteiger partial charge in [0.2, 0.25) is 5.16 Å². The maximum absolute atomic E-state index is 11.0. The monoisotopic (exact) mass is 273 g/mol. The van der Waals surface area contributed by atoms with Crippen LogP contribution in [0, 0.1) is 5.41 Å². The predicted molar refractivity (Wildman–Crippen MR) is 68.5 cm³/mol. The smallest absolute Gasteiger partial charge is 0.309 e. The standard InChI is InChI=1S/C10H19N5O2S/c1-4-11-5-6-15-9(12-13-14-15)18-7-10(2,3)8(16)17/h11H,4-7H2,1-3H3,(H,16,17). The van der Waals surface area contributed by atoms with Gasteiger partial charge < -0.3 is 10.4 Å². The normalized spacial score (nSPS) is 11.7. The van der Waals surface area contributed by atoms with E-state index in [1.807, 2.05) is 6.92 Å². The Hall–Kier alpha value is -1.15. The molecule has 1 aromatic heterocycles. The largest absolute Gasteiger partial charge is 0.481 e. The molecule has 0 bridgehead atoms.